The largest absolute Gasteiger partial charge is 0.495 e. The Bertz CT molecular complexity index is 364. The summed E-state index contributed by atoms with van der Waals surface area (Å²) < 4.78 is 5.13. The Labute approximate surface area is 94.6 Å². The molecule has 1 fully saturated rings. The first-order chi connectivity index (χ1) is 7.13. The smallest absolute Gasteiger partial charge is 0.140 e. The quantitative estimate of drug-likeness (QED) is 0.856. The fourth-order valence-corrected chi connectivity index (χ4v) is 1.72. The van der Waals surface area contributed by atoms with Crippen LogP contribution in [0.15, 0.2) is 12.3 Å². The minimum absolute atomic E-state index is 0.0779. The molecule has 4 heteroatoms. The van der Waals surface area contributed by atoms with Gasteiger partial charge in [-0.1, -0.05) is 11.6 Å². The van der Waals surface area contributed by atoms with E-state index < -0.39 is 0 Å². The van der Waals surface area contributed by atoms with Gasteiger partial charge in [-0.15, -0.1) is 0 Å². The third-order valence-corrected chi connectivity index (χ3v) is 3.15. The second-order valence-corrected chi connectivity index (χ2v) is 4.58. The fraction of sp³-hybridized carbons (Fsp3) is 0.545. The van der Waals surface area contributed by atoms with Crippen molar-refractivity contribution in [3.05, 3.63) is 23.0 Å². The van der Waals surface area contributed by atoms with Gasteiger partial charge in [0.05, 0.1) is 7.11 Å². The lowest BCUT2D eigenvalue weighted by molar-refractivity contribution is 0.413. The summed E-state index contributed by atoms with van der Waals surface area (Å²) in [6.07, 6.45) is 5.79. The zero-order valence-corrected chi connectivity index (χ0v) is 9.55. The van der Waals surface area contributed by atoms with Crippen molar-refractivity contribution in [3.8, 4) is 5.75 Å². The second kappa shape index (κ2) is 3.99. The lowest BCUT2D eigenvalue weighted by atomic mass is 10.1. The Balaban J connectivity index is 2.01. The van der Waals surface area contributed by atoms with Crippen molar-refractivity contribution in [2.24, 2.45) is 5.73 Å². The summed E-state index contributed by atoms with van der Waals surface area (Å²) in [7, 11) is 1.61. The van der Waals surface area contributed by atoms with E-state index in [-0.39, 0.29) is 5.54 Å². The Morgan fingerprint density at radius 3 is 2.93 bits per heavy atom. The van der Waals surface area contributed by atoms with E-state index in [0.29, 0.717) is 10.8 Å². The molecule has 0 aliphatic heterocycles. The van der Waals surface area contributed by atoms with Gasteiger partial charge < -0.3 is 10.5 Å². The third-order valence-electron chi connectivity index (χ3n) is 2.87. The van der Waals surface area contributed by atoms with E-state index in [1.165, 1.54) is 0 Å². The number of pyridine rings is 1. The topological polar surface area (TPSA) is 48.1 Å². The highest BCUT2D eigenvalue weighted by molar-refractivity contribution is 6.31. The van der Waals surface area contributed by atoms with Crippen LogP contribution in [0.1, 0.15) is 25.0 Å². The van der Waals surface area contributed by atoms with Crippen molar-refractivity contribution in [1.82, 2.24) is 4.98 Å². The molecule has 2 rings (SSSR count). The maximum Gasteiger partial charge on any atom is 0.140 e. The molecule has 0 unspecified atom stereocenters. The van der Waals surface area contributed by atoms with Crippen LogP contribution < -0.4 is 10.5 Å². The summed E-state index contributed by atoms with van der Waals surface area (Å²) in [5, 5.41) is 0.551. The number of hydrogen-bond acceptors (Lipinski definition) is 3. The van der Waals surface area contributed by atoms with Crippen molar-refractivity contribution in [2.45, 2.75) is 31.2 Å². The van der Waals surface area contributed by atoms with Crippen LogP contribution in [0.2, 0.25) is 5.02 Å². The monoisotopic (exact) mass is 226 g/mol. The molecule has 82 valence electrons. The van der Waals surface area contributed by atoms with Gasteiger partial charge in [-0.2, -0.15) is 0 Å². The molecular formula is C11H15ClN2O. The van der Waals surface area contributed by atoms with Gasteiger partial charge in [0.2, 0.25) is 0 Å². The first kappa shape index (κ1) is 10.7. The molecule has 0 spiro atoms. The van der Waals surface area contributed by atoms with Crippen molar-refractivity contribution in [1.29, 1.82) is 0 Å². The van der Waals surface area contributed by atoms with Gasteiger partial charge in [-0.05, 0) is 25.7 Å². The molecule has 0 saturated heterocycles. The number of hydrogen-bond donors (Lipinski definition) is 1. The first-order valence-electron chi connectivity index (χ1n) is 5.10. The Kier molecular flexibility index (Phi) is 2.85. The Hall–Kier alpha value is -0.800. The first-order valence-corrected chi connectivity index (χ1v) is 5.48. The Morgan fingerprint density at radius 1 is 1.60 bits per heavy atom. The van der Waals surface area contributed by atoms with E-state index in [4.69, 9.17) is 22.1 Å². The van der Waals surface area contributed by atoms with Crippen LogP contribution in [0, 0.1) is 0 Å². The summed E-state index contributed by atoms with van der Waals surface area (Å²) in [4.78, 5) is 4.25. The van der Waals surface area contributed by atoms with Crippen LogP contribution in [0.4, 0.5) is 0 Å². The average molecular weight is 227 g/mol. The molecular weight excluding hydrogens is 212 g/mol. The lowest BCUT2D eigenvalue weighted by Crippen LogP contribution is -2.22. The number of methoxy groups -OCH3 is 1. The molecule has 0 radical (unpaired) electrons. The summed E-state index contributed by atoms with van der Waals surface area (Å²) in [5.74, 6) is 0.684. The van der Waals surface area contributed by atoms with Crippen molar-refractivity contribution in [2.75, 3.05) is 7.11 Å². The maximum absolute atomic E-state index is 6.01. The van der Waals surface area contributed by atoms with E-state index >= 15 is 0 Å². The minimum atomic E-state index is 0.0779. The van der Waals surface area contributed by atoms with Crippen molar-refractivity contribution in [3.63, 3.8) is 0 Å². The molecule has 3 nitrogen and oxygen atoms in total. The van der Waals surface area contributed by atoms with E-state index in [0.717, 1.165) is 31.4 Å². The molecule has 0 aromatic carbocycles. The molecule has 1 aliphatic rings. The van der Waals surface area contributed by atoms with E-state index in [9.17, 15) is 0 Å². The molecule has 1 saturated carbocycles. The molecule has 1 aromatic rings. The Morgan fingerprint density at radius 2 is 2.33 bits per heavy atom. The molecule has 15 heavy (non-hydrogen) atoms. The number of halogens is 1. The summed E-state index contributed by atoms with van der Waals surface area (Å²) in [6.45, 7) is 0. The molecule has 1 aliphatic carbocycles. The number of aryl methyl sites for hydroxylation is 1. The maximum atomic E-state index is 6.01. The summed E-state index contributed by atoms with van der Waals surface area (Å²) >= 11 is 5.89. The van der Waals surface area contributed by atoms with Gasteiger partial charge in [0.25, 0.3) is 0 Å². The molecule has 0 atom stereocenters. The van der Waals surface area contributed by atoms with Gasteiger partial charge >= 0.3 is 0 Å². The molecule has 0 amide bonds. The highest BCUT2D eigenvalue weighted by Crippen LogP contribution is 2.36. The van der Waals surface area contributed by atoms with Gasteiger partial charge in [-0.3, -0.25) is 4.98 Å². The highest BCUT2D eigenvalue weighted by Gasteiger charge is 2.37. The van der Waals surface area contributed by atoms with Crippen molar-refractivity contribution < 1.29 is 4.74 Å². The minimum Gasteiger partial charge on any atom is -0.495 e. The van der Waals surface area contributed by atoms with Crippen LogP contribution in [0.3, 0.4) is 0 Å². The predicted octanol–water partition coefficient (Wildman–Crippen LogP) is 2.17. The standard InChI is InChI=1S/C11H15ClN2O/c1-15-10-6-8(14-7-9(10)12)2-3-11(13)4-5-11/h6-7H,2-5,13H2,1H3. The van der Waals surface area contributed by atoms with Gasteiger partial charge in [0.15, 0.2) is 0 Å². The SMILES string of the molecule is COc1cc(CCC2(N)CC2)ncc1Cl. The zero-order valence-electron chi connectivity index (χ0n) is 8.79. The van der Waals surface area contributed by atoms with Gasteiger partial charge in [0, 0.05) is 23.5 Å². The normalized spacial score (nSPS) is 17.5. The van der Waals surface area contributed by atoms with Crippen LogP contribution >= 0.6 is 11.6 Å². The average Bonchev–Trinajstić information content (AvgIpc) is 2.96. The molecule has 1 aromatic heterocycles. The van der Waals surface area contributed by atoms with Crippen LogP contribution in [0.5, 0.6) is 5.75 Å². The van der Waals surface area contributed by atoms with E-state index in [2.05, 4.69) is 4.98 Å². The second-order valence-electron chi connectivity index (χ2n) is 4.17. The highest BCUT2D eigenvalue weighted by atomic mass is 35.5. The number of ether oxygens (including phenoxy) is 1. The third kappa shape index (κ3) is 2.61. The van der Waals surface area contributed by atoms with Crippen LogP contribution in [-0.2, 0) is 6.42 Å². The van der Waals surface area contributed by atoms with Crippen LogP contribution in [-0.4, -0.2) is 17.6 Å². The molecule has 1 heterocycles. The summed E-state index contributed by atoms with van der Waals surface area (Å²) in [5.41, 5.74) is 7.08. The predicted molar refractivity (Wildman–Crippen MR) is 60.3 cm³/mol. The van der Waals surface area contributed by atoms with Crippen molar-refractivity contribution >= 4 is 11.6 Å². The van der Waals surface area contributed by atoms with Gasteiger partial charge in [-0.25, -0.2) is 0 Å². The summed E-state index contributed by atoms with van der Waals surface area (Å²) in [6, 6.07) is 1.88. The number of aromatic nitrogens is 1. The van der Waals surface area contributed by atoms with E-state index in [1.54, 1.807) is 13.3 Å². The zero-order chi connectivity index (χ0) is 10.9. The number of nitrogens with zero attached hydrogens (tertiary/aromatic N) is 1. The number of rotatable bonds is 4. The molecule has 2 N–H and O–H groups in total. The lowest BCUT2D eigenvalue weighted by Gasteiger charge is -2.09. The van der Waals surface area contributed by atoms with E-state index in [1.807, 2.05) is 6.07 Å². The fourth-order valence-electron chi connectivity index (χ4n) is 1.54. The number of nitrogens with two attached hydrogens (primary N) is 1. The van der Waals surface area contributed by atoms with Crippen LogP contribution in [0.25, 0.3) is 0 Å². The molecule has 0 bridgehead atoms. The van der Waals surface area contributed by atoms with Gasteiger partial charge in [0.1, 0.15) is 10.8 Å².